The van der Waals surface area contributed by atoms with Crippen molar-refractivity contribution < 1.29 is 19.2 Å². The minimum Gasteiger partial charge on any atom is -0.454 e. The summed E-state index contributed by atoms with van der Waals surface area (Å²) in [7, 11) is 0. The highest BCUT2D eigenvalue weighted by atomic mass is 16.7. The maximum Gasteiger partial charge on any atom is 0.322 e. The van der Waals surface area contributed by atoms with Crippen LogP contribution >= 0.6 is 0 Å². The quantitative estimate of drug-likeness (QED) is 0.651. The van der Waals surface area contributed by atoms with E-state index in [9.17, 15) is 14.9 Å². The van der Waals surface area contributed by atoms with Gasteiger partial charge in [-0.25, -0.2) is 4.79 Å². The van der Waals surface area contributed by atoms with Crippen LogP contribution in [0.5, 0.6) is 11.5 Å². The number of anilines is 1. The molecule has 0 aromatic heterocycles. The fourth-order valence-corrected chi connectivity index (χ4v) is 2.74. The van der Waals surface area contributed by atoms with E-state index >= 15 is 0 Å². The Morgan fingerprint density at radius 3 is 2.77 bits per heavy atom. The highest BCUT2D eigenvalue weighted by molar-refractivity contribution is 5.90. The van der Waals surface area contributed by atoms with E-state index in [1.54, 1.807) is 24.0 Å². The van der Waals surface area contributed by atoms with E-state index in [1.165, 1.54) is 6.07 Å². The third kappa shape index (κ3) is 3.53. The molecule has 2 amide bonds. The summed E-state index contributed by atoms with van der Waals surface area (Å²) in [5.41, 5.74) is 1.72. The van der Waals surface area contributed by atoms with E-state index < -0.39 is 4.92 Å². The van der Waals surface area contributed by atoms with E-state index in [-0.39, 0.29) is 18.5 Å². The second kappa shape index (κ2) is 7.30. The fraction of sp³-hybridized carbons (Fsp3) is 0.278. The molecule has 0 saturated carbocycles. The monoisotopic (exact) mass is 357 g/mol. The smallest absolute Gasteiger partial charge is 0.322 e. The van der Waals surface area contributed by atoms with Gasteiger partial charge in [0.2, 0.25) is 6.79 Å². The number of benzene rings is 2. The summed E-state index contributed by atoms with van der Waals surface area (Å²) in [5, 5.41) is 13.8. The van der Waals surface area contributed by atoms with Crippen molar-refractivity contribution in [1.82, 2.24) is 4.90 Å². The first kappa shape index (κ1) is 17.5. The van der Waals surface area contributed by atoms with Gasteiger partial charge in [-0.15, -0.1) is 0 Å². The second-order valence-electron chi connectivity index (χ2n) is 5.84. The van der Waals surface area contributed by atoms with Crippen molar-refractivity contribution >= 4 is 17.4 Å². The summed E-state index contributed by atoms with van der Waals surface area (Å²) in [6.07, 6.45) is 0. The molecule has 0 radical (unpaired) electrons. The molecule has 1 aliphatic heterocycles. The van der Waals surface area contributed by atoms with Crippen molar-refractivity contribution in [3.63, 3.8) is 0 Å². The van der Waals surface area contributed by atoms with Crippen molar-refractivity contribution in [3.8, 4) is 11.5 Å². The number of carbonyl (C=O) groups is 1. The van der Waals surface area contributed by atoms with Crippen LogP contribution in [0.15, 0.2) is 36.4 Å². The molecule has 1 aliphatic rings. The zero-order valence-electron chi connectivity index (χ0n) is 14.5. The van der Waals surface area contributed by atoms with E-state index in [0.29, 0.717) is 35.8 Å². The largest absolute Gasteiger partial charge is 0.454 e. The number of ether oxygens (including phenoxy) is 2. The second-order valence-corrected chi connectivity index (χ2v) is 5.84. The molecule has 0 fully saturated rings. The number of nitrogens with zero attached hydrogens (tertiary/aromatic N) is 2. The Bertz CT molecular complexity index is 853. The van der Waals surface area contributed by atoms with E-state index in [2.05, 4.69) is 5.32 Å². The molecule has 0 atom stereocenters. The van der Waals surface area contributed by atoms with Gasteiger partial charge in [0.15, 0.2) is 11.5 Å². The number of nitrogens with one attached hydrogen (secondary N) is 1. The lowest BCUT2D eigenvalue weighted by Gasteiger charge is -2.22. The minimum absolute atomic E-state index is 0.0263. The van der Waals surface area contributed by atoms with Crippen LogP contribution in [-0.4, -0.2) is 29.2 Å². The number of carbonyl (C=O) groups excluding carboxylic acids is 1. The number of amides is 2. The summed E-state index contributed by atoms with van der Waals surface area (Å²) in [4.78, 5) is 24.8. The number of hydrogen-bond acceptors (Lipinski definition) is 5. The van der Waals surface area contributed by atoms with Crippen LogP contribution in [-0.2, 0) is 6.54 Å². The predicted octanol–water partition coefficient (Wildman–Crippen LogP) is 3.69. The van der Waals surface area contributed by atoms with Crippen LogP contribution in [0.25, 0.3) is 0 Å². The van der Waals surface area contributed by atoms with Gasteiger partial charge in [-0.1, -0.05) is 12.1 Å². The Morgan fingerprint density at radius 1 is 1.27 bits per heavy atom. The first-order valence-corrected chi connectivity index (χ1v) is 8.18. The molecule has 3 rings (SSSR count). The lowest BCUT2D eigenvalue weighted by atomic mass is 10.1. The summed E-state index contributed by atoms with van der Waals surface area (Å²) in [6, 6.07) is 9.82. The van der Waals surface area contributed by atoms with Gasteiger partial charge in [-0.3, -0.25) is 10.1 Å². The van der Waals surface area contributed by atoms with E-state index in [1.807, 2.05) is 25.1 Å². The van der Waals surface area contributed by atoms with Gasteiger partial charge < -0.3 is 19.7 Å². The van der Waals surface area contributed by atoms with E-state index in [0.717, 1.165) is 5.56 Å². The molecule has 0 saturated heterocycles. The number of nitro benzene ring substituents is 1. The third-order valence-corrected chi connectivity index (χ3v) is 4.22. The van der Waals surface area contributed by atoms with Crippen LogP contribution in [0.3, 0.4) is 0 Å². The van der Waals surface area contributed by atoms with Crippen LogP contribution in [0.4, 0.5) is 16.2 Å². The van der Waals surface area contributed by atoms with Gasteiger partial charge >= 0.3 is 6.03 Å². The van der Waals surface area contributed by atoms with Crippen LogP contribution in [0.1, 0.15) is 18.1 Å². The Balaban J connectivity index is 1.73. The van der Waals surface area contributed by atoms with Gasteiger partial charge in [0.25, 0.3) is 5.69 Å². The summed E-state index contributed by atoms with van der Waals surface area (Å²) < 4.78 is 10.6. The van der Waals surface area contributed by atoms with Crippen molar-refractivity contribution in [3.05, 3.63) is 57.6 Å². The molecule has 1 N–H and O–H groups in total. The molecular weight excluding hydrogens is 338 g/mol. The Hall–Kier alpha value is -3.29. The average Bonchev–Trinajstić information content (AvgIpc) is 3.08. The number of fused-ring (bicyclic) bond motifs is 1. The van der Waals surface area contributed by atoms with Crippen molar-refractivity contribution in [2.45, 2.75) is 20.4 Å². The first-order chi connectivity index (χ1) is 12.5. The molecule has 0 aliphatic carbocycles. The third-order valence-electron chi connectivity index (χ3n) is 4.22. The molecule has 2 aromatic rings. The van der Waals surface area contributed by atoms with E-state index in [4.69, 9.17) is 9.47 Å². The van der Waals surface area contributed by atoms with Gasteiger partial charge in [-0.05, 0) is 37.6 Å². The van der Waals surface area contributed by atoms with Crippen LogP contribution < -0.4 is 14.8 Å². The van der Waals surface area contributed by atoms with Gasteiger partial charge in [-0.2, -0.15) is 0 Å². The normalized spacial score (nSPS) is 11.9. The molecule has 8 nitrogen and oxygen atoms in total. The molecule has 0 spiro atoms. The van der Waals surface area contributed by atoms with Crippen molar-refractivity contribution in [2.75, 3.05) is 18.7 Å². The zero-order valence-corrected chi connectivity index (χ0v) is 14.5. The topological polar surface area (TPSA) is 93.9 Å². The standard InChI is InChI=1S/C18H19N3O5/c1-3-20(10-13-7-8-16-17(9-13)26-11-25-16)18(22)19-14-5-4-6-15(12(14)2)21(23)24/h4-9H,3,10-11H2,1-2H3,(H,19,22). The average molecular weight is 357 g/mol. The SMILES string of the molecule is CCN(Cc1ccc2c(c1)OCO2)C(=O)Nc1cccc([N+](=O)[O-])c1C. The Labute approximate surface area is 150 Å². The number of rotatable bonds is 5. The molecule has 2 aromatic carbocycles. The van der Waals surface area contributed by atoms with Gasteiger partial charge in [0.05, 0.1) is 16.2 Å². The summed E-state index contributed by atoms with van der Waals surface area (Å²) >= 11 is 0. The molecule has 0 unspecified atom stereocenters. The lowest BCUT2D eigenvalue weighted by Crippen LogP contribution is -2.34. The van der Waals surface area contributed by atoms with Gasteiger partial charge in [0.1, 0.15) is 0 Å². The minimum atomic E-state index is -0.463. The fourth-order valence-electron chi connectivity index (χ4n) is 2.74. The highest BCUT2D eigenvalue weighted by Crippen LogP contribution is 2.33. The zero-order chi connectivity index (χ0) is 18.7. The summed E-state index contributed by atoms with van der Waals surface area (Å²) in [6.45, 7) is 4.54. The maximum absolute atomic E-state index is 12.6. The maximum atomic E-state index is 12.6. The summed E-state index contributed by atoms with van der Waals surface area (Å²) in [5.74, 6) is 1.35. The van der Waals surface area contributed by atoms with Crippen LogP contribution in [0.2, 0.25) is 0 Å². The molecular formula is C18H19N3O5. The highest BCUT2D eigenvalue weighted by Gasteiger charge is 2.19. The number of nitro groups is 1. The van der Waals surface area contributed by atoms with Crippen molar-refractivity contribution in [2.24, 2.45) is 0 Å². The van der Waals surface area contributed by atoms with Crippen LogP contribution in [0, 0.1) is 17.0 Å². The molecule has 26 heavy (non-hydrogen) atoms. The predicted molar refractivity (Wildman–Crippen MR) is 95.5 cm³/mol. The first-order valence-electron chi connectivity index (χ1n) is 8.18. The lowest BCUT2D eigenvalue weighted by molar-refractivity contribution is -0.385. The van der Waals surface area contributed by atoms with Crippen molar-refractivity contribution in [1.29, 1.82) is 0 Å². The Morgan fingerprint density at radius 2 is 2.04 bits per heavy atom. The molecule has 1 heterocycles. The number of urea groups is 1. The molecule has 0 bridgehead atoms. The molecule has 8 heteroatoms. The Kier molecular flexibility index (Phi) is 4.92. The number of hydrogen-bond donors (Lipinski definition) is 1. The molecule has 136 valence electrons. The van der Waals surface area contributed by atoms with Gasteiger partial charge in [0, 0.05) is 19.2 Å².